The quantitative estimate of drug-likeness (QED) is 0.716. The smallest absolute Gasteiger partial charge is 0.314 e. The maximum absolute atomic E-state index is 12.2. The number of hydrogen-bond donors (Lipinski definition) is 0. The van der Waals surface area contributed by atoms with Gasteiger partial charge in [-0.15, -0.1) is 0 Å². The molecule has 1 saturated heterocycles. The van der Waals surface area contributed by atoms with Gasteiger partial charge in [0.2, 0.25) is 0 Å². The largest absolute Gasteiger partial charge is 0.466 e. The number of carbonyl (C=O) groups is 2. The minimum absolute atomic E-state index is 0.285. The molecule has 5 nitrogen and oxygen atoms in total. The standard InChI is InChI=1S/C14H24O5/c1-5-14(12(16)19-7-3)8-13(4,9-17-10-14)11(15)18-6-2/h5-10H2,1-4H3. The fourth-order valence-corrected chi connectivity index (χ4v) is 2.54. The van der Waals surface area contributed by atoms with Gasteiger partial charge in [0.15, 0.2) is 0 Å². The highest BCUT2D eigenvalue weighted by atomic mass is 16.5. The normalized spacial score (nSPS) is 30.7. The van der Waals surface area contributed by atoms with Crippen molar-refractivity contribution in [3.05, 3.63) is 0 Å². The van der Waals surface area contributed by atoms with Crippen LogP contribution in [0.5, 0.6) is 0 Å². The molecular formula is C14H24O5. The Morgan fingerprint density at radius 3 is 2.16 bits per heavy atom. The minimum atomic E-state index is -0.781. The van der Waals surface area contributed by atoms with Gasteiger partial charge in [-0.05, 0) is 33.6 Å². The Balaban J connectivity index is 2.91. The van der Waals surface area contributed by atoms with E-state index in [0.717, 1.165) is 0 Å². The predicted molar refractivity (Wildman–Crippen MR) is 69.5 cm³/mol. The maximum atomic E-state index is 12.2. The molecule has 0 aliphatic carbocycles. The molecule has 1 aliphatic heterocycles. The molecule has 0 bridgehead atoms. The van der Waals surface area contributed by atoms with Gasteiger partial charge >= 0.3 is 11.9 Å². The van der Waals surface area contributed by atoms with E-state index in [-0.39, 0.29) is 18.5 Å². The third-order valence-corrected chi connectivity index (χ3v) is 3.68. The Morgan fingerprint density at radius 2 is 1.63 bits per heavy atom. The zero-order valence-corrected chi connectivity index (χ0v) is 12.3. The number of esters is 2. The molecule has 0 spiro atoms. The first-order chi connectivity index (χ1) is 8.94. The van der Waals surface area contributed by atoms with Crippen molar-refractivity contribution in [2.45, 2.75) is 40.5 Å². The van der Waals surface area contributed by atoms with E-state index < -0.39 is 10.8 Å². The highest BCUT2D eigenvalue weighted by molar-refractivity contribution is 5.81. The Hall–Kier alpha value is -1.10. The van der Waals surface area contributed by atoms with Crippen LogP contribution in [-0.4, -0.2) is 38.4 Å². The average Bonchev–Trinajstić information content (AvgIpc) is 2.39. The summed E-state index contributed by atoms with van der Waals surface area (Å²) in [5.74, 6) is -0.593. The van der Waals surface area contributed by atoms with Gasteiger partial charge in [0.1, 0.15) is 0 Å². The van der Waals surface area contributed by atoms with Crippen LogP contribution in [0.25, 0.3) is 0 Å². The molecule has 0 radical (unpaired) electrons. The molecule has 0 N–H and O–H groups in total. The van der Waals surface area contributed by atoms with E-state index in [1.165, 1.54) is 0 Å². The summed E-state index contributed by atoms with van der Waals surface area (Å²) in [5.41, 5.74) is -1.52. The molecule has 1 heterocycles. The Morgan fingerprint density at radius 1 is 1.05 bits per heavy atom. The molecule has 0 aromatic heterocycles. The first-order valence-electron chi connectivity index (χ1n) is 6.86. The van der Waals surface area contributed by atoms with Gasteiger partial charge < -0.3 is 14.2 Å². The van der Waals surface area contributed by atoms with Crippen LogP contribution >= 0.6 is 0 Å². The van der Waals surface area contributed by atoms with E-state index >= 15 is 0 Å². The monoisotopic (exact) mass is 272 g/mol. The summed E-state index contributed by atoms with van der Waals surface area (Å²) in [7, 11) is 0. The van der Waals surface area contributed by atoms with Crippen LogP contribution in [0, 0.1) is 10.8 Å². The zero-order chi connectivity index (χ0) is 14.5. The first kappa shape index (κ1) is 16.0. The van der Waals surface area contributed by atoms with Gasteiger partial charge in [-0.2, -0.15) is 0 Å². The maximum Gasteiger partial charge on any atom is 0.314 e. The van der Waals surface area contributed by atoms with Crippen molar-refractivity contribution >= 4 is 11.9 Å². The lowest BCUT2D eigenvalue weighted by molar-refractivity contribution is -0.184. The van der Waals surface area contributed by atoms with Crippen LogP contribution in [0.1, 0.15) is 40.5 Å². The summed E-state index contributed by atoms with van der Waals surface area (Å²) >= 11 is 0. The van der Waals surface area contributed by atoms with Crippen LogP contribution in [0.2, 0.25) is 0 Å². The number of ether oxygens (including phenoxy) is 3. The van der Waals surface area contributed by atoms with E-state index in [9.17, 15) is 9.59 Å². The zero-order valence-electron chi connectivity index (χ0n) is 12.3. The van der Waals surface area contributed by atoms with Gasteiger partial charge in [0.05, 0.1) is 37.3 Å². The van der Waals surface area contributed by atoms with E-state index in [1.807, 2.05) is 6.92 Å². The Bertz CT molecular complexity index is 341. The van der Waals surface area contributed by atoms with Gasteiger partial charge in [0.25, 0.3) is 0 Å². The SMILES string of the molecule is CCOC(=O)C1(C)COCC(CC)(C(=O)OCC)C1. The van der Waals surface area contributed by atoms with Gasteiger partial charge in [-0.1, -0.05) is 6.92 Å². The second kappa shape index (κ2) is 6.37. The molecule has 19 heavy (non-hydrogen) atoms. The summed E-state index contributed by atoms with van der Waals surface area (Å²) in [6, 6.07) is 0. The first-order valence-corrected chi connectivity index (χ1v) is 6.86. The highest BCUT2D eigenvalue weighted by Crippen LogP contribution is 2.43. The van der Waals surface area contributed by atoms with Gasteiger partial charge in [-0.3, -0.25) is 9.59 Å². The summed E-state index contributed by atoms with van der Waals surface area (Å²) in [6.45, 7) is 8.48. The molecule has 2 atom stereocenters. The van der Waals surface area contributed by atoms with E-state index in [0.29, 0.717) is 32.7 Å². The molecule has 2 unspecified atom stereocenters. The van der Waals surface area contributed by atoms with E-state index in [2.05, 4.69) is 0 Å². The molecule has 0 aromatic rings. The van der Waals surface area contributed by atoms with Crippen LogP contribution in [-0.2, 0) is 23.8 Å². The van der Waals surface area contributed by atoms with Crippen LogP contribution < -0.4 is 0 Å². The van der Waals surface area contributed by atoms with Crippen molar-refractivity contribution in [3.8, 4) is 0 Å². The van der Waals surface area contributed by atoms with Crippen molar-refractivity contribution in [3.63, 3.8) is 0 Å². The second-order valence-corrected chi connectivity index (χ2v) is 5.31. The fraction of sp³-hybridized carbons (Fsp3) is 0.857. The fourth-order valence-electron chi connectivity index (χ4n) is 2.54. The van der Waals surface area contributed by atoms with Crippen LogP contribution in [0.3, 0.4) is 0 Å². The van der Waals surface area contributed by atoms with Crippen LogP contribution in [0.4, 0.5) is 0 Å². The van der Waals surface area contributed by atoms with Crippen LogP contribution in [0.15, 0.2) is 0 Å². The number of hydrogen-bond acceptors (Lipinski definition) is 5. The molecule has 1 aliphatic rings. The highest BCUT2D eigenvalue weighted by Gasteiger charge is 2.52. The third kappa shape index (κ3) is 3.26. The molecule has 0 aromatic carbocycles. The van der Waals surface area contributed by atoms with Crippen molar-refractivity contribution in [1.82, 2.24) is 0 Å². The summed E-state index contributed by atoms with van der Waals surface area (Å²) in [6.07, 6.45) is 0.995. The topological polar surface area (TPSA) is 61.8 Å². The predicted octanol–water partition coefficient (Wildman–Crippen LogP) is 1.94. The average molecular weight is 272 g/mol. The number of carbonyl (C=O) groups excluding carboxylic acids is 2. The van der Waals surface area contributed by atoms with Crippen molar-refractivity contribution in [2.75, 3.05) is 26.4 Å². The van der Waals surface area contributed by atoms with E-state index in [4.69, 9.17) is 14.2 Å². The summed E-state index contributed by atoms with van der Waals surface area (Å²) in [5, 5.41) is 0. The molecular weight excluding hydrogens is 248 g/mol. The third-order valence-electron chi connectivity index (χ3n) is 3.68. The summed E-state index contributed by atoms with van der Waals surface area (Å²) < 4.78 is 15.8. The molecule has 110 valence electrons. The number of rotatable bonds is 5. The second-order valence-electron chi connectivity index (χ2n) is 5.31. The lowest BCUT2D eigenvalue weighted by atomic mass is 9.69. The van der Waals surface area contributed by atoms with E-state index in [1.54, 1.807) is 20.8 Å². The lowest BCUT2D eigenvalue weighted by Crippen LogP contribution is -2.51. The molecule has 5 heteroatoms. The Kier molecular flexibility index (Phi) is 5.35. The molecule has 1 fully saturated rings. The van der Waals surface area contributed by atoms with Crippen molar-refractivity contribution in [2.24, 2.45) is 10.8 Å². The summed E-state index contributed by atoms with van der Waals surface area (Å²) in [4.78, 5) is 24.2. The van der Waals surface area contributed by atoms with Gasteiger partial charge in [0, 0.05) is 0 Å². The lowest BCUT2D eigenvalue weighted by Gasteiger charge is -2.42. The molecule has 1 rings (SSSR count). The van der Waals surface area contributed by atoms with Crippen molar-refractivity contribution < 1.29 is 23.8 Å². The Labute approximate surface area is 114 Å². The molecule has 0 amide bonds. The van der Waals surface area contributed by atoms with Gasteiger partial charge in [-0.25, -0.2) is 0 Å². The minimum Gasteiger partial charge on any atom is -0.466 e. The van der Waals surface area contributed by atoms with Crippen molar-refractivity contribution in [1.29, 1.82) is 0 Å². The molecule has 0 saturated carbocycles.